The van der Waals surface area contributed by atoms with Gasteiger partial charge in [-0.05, 0) is 44.3 Å². The van der Waals surface area contributed by atoms with Gasteiger partial charge in [0.15, 0.2) is 5.69 Å². The van der Waals surface area contributed by atoms with Gasteiger partial charge in [0.1, 0.15) is 5.03 Å². The molecular weight excluding hydrogens is 320 g/mol. The van der Waals surface area contributed by atoms with Gasteiger partial charge in [-0.15, -0.1) is 10.2 Å². The molecule has 2 N–H and O–H groups in total. The topological polar surface area (TPSA) is 66.9 Å². The summed E-state index contributed by atoms with van der Waals surface area (Å²) in [6.07, 6.45) is 0.871. The molecule has 0 fully saturated rings. The van der Waals surface area contributed by atoms with Gasteiger partial charge < -0.3 is 10.6 Å². The van der Waals surface area contributed by atoms with Crippen molar-refractivity contribution < 1.29 is 4.79 Å². The Morgan fingerprint density at radius 2 is 2.00 bits per heavy atom. The van der Waals surface area contributed by atoms with Gasteiger partial charge in [0.2, 0.25) is 0 Å². The van der Waals surface area contributed by atoms with Crippen LogP contribution in [-0.4, -0.2) is 36.2 Å². The molecule has 1 heterocycles. The minimum absolute atomic E-state index is 0.210. The summed E-state index contributed by atoms with van der Waals surface area (Å²) in [5.41, 5.74) is 0.313. The summed E-state index contributed by atoms with van der Waals surface area (Å²) in [5, 5.41) is 15.2. The molecule has 0 aliphatic rings. The summed E-state index contributed by atoms with van der Waals surface area (Å²) in [6.45, 7) is 1.47. The normalized spacial score (nSPS) is 10.5. The molecule has 116 valence electrons. The lowest BCUT2D eigenvalue weighted by Crippen LogP contribution is -2.27. The van der Waals surface area contributed by atoms with Gasteiger partial charge in [0, 0.05) is 11.4 Å². The number of aromatic nitrogens is 2. The molecule has 0 saturated heterocycles. The van der Waals surface area contributed by atoms with Crippen LogP contribution in [0.4, 0.5) is 0 Å². The first-order chi connectivity index (χ1) is 10.7. The number of benzene rings is 1. The molecule has 0 aliphatic carbocycles. The molecule has 0 bridgehead atoms. The molecule has 0 radical (unpaired) electrons. The first-order valence-corrected chi connectivity index (χ1v) is 8.09. The molecular formula is C15H17ClN4OS. The molecule has 0 aliphatic heterocycles. The van der Waals surface area contributed by atoms with Crippen molar-refractivity contribution in [3.05, 3.63) is 47.1 Å². The van der Waals surface area contributed by atoms with E-state index < -0.39 is 0 Å². The van der Waals surface area contributed by atoms with Crippen LogP contribution in [0, 0.1) is 0 Å². The Morgan fingerprint density at radius 3 is 2.68 bits per heavy atom. The van der Waals surface area contributed by atoms with Crippen molar-refractivity contribution in [3.63, 3.8) is 0 Å². The minimum Gasteiger partial charge on any atom is -0.351 e. The second-order valence-corrected chi connectivity index (χ2v) is 5.97. The largest absolute Gasteiger partial charge is 0.351 e. The lowest BCUT2D eigenvalue weighted by molar-refractivity contribution is 0.0947. The number of halogens is 1. The number of hydrogen-bond acceptors (Lipinski definition) is 5. The highest BCUT2D eigenvalue weighted by atomic mass is 35.5. The number of carbonyl (C=O) groups is 1. The average molecular weight is 337 g/mol. The number of rotatable bonds is 7. The van der Waals surface area contributed by atoms with Crippen LogP contribution in [0.1, 0.15) is 16.9 Å². The van der Waals surface area contributed by atoms with Gasteiger partial charge in [-0.25, -0.2) is 0 Å². The van der Waals surface area contributed by atoms with E-state index >= 15 is 0 Å². The van der Waals surface area contributed by atoms with Crippen molar-refractivity contribution in [1.29, 1.82) is 0 Å². The van der Waals surface area contributed by atoms with Crippen LogP contribution in [0.15, 0.2) is 46.3 Å². The Hall–Kier alpha value is -1.63. The zero-order valence-corrected chi connectivity index (χ0v) is 13.7. The maximum Gasteiger partial charge on any atom is 0.271 e. The van der Waals surface area contributed by atoms with E-state index in [2.05, 4.69) is 20.8 Å². The highest BCUT2D eigenvalue weighted by molar-refractivity contribution is 7.99. The van der Waals surface area contributed by atoms with E-state index in [1.54, 1.807) is 12.1 Å². The molecule has 7 heteroatoms. The smallest absolute Gasteiger partial charge is 0.271 e. The molecule has 0 unspecified atom stereocenters. The third-order valence-corrected chi connectivity index (χ3v) is 4.26. The van der Waals surface area contributed by atoms with E-state index in [4.69, 9.17) is 11.6 Å². The van der Waals surface area contributed by atoms with Crippen molar-refractivity contribution in [2.45, 2.75) is 16.3 Å². The second kappa shape index (κ2) is 8.73. The van der Waals surface area contributed by atoms with Crippen LogP contribution in [0.2, 0.25) is 5.02 Å². The Labute approximate surface area is 138 Å². The quantitative estimate of drug-likeness (QED) is 0.761. The van der Waals surface area contributed by atoms with Gasteiger partial charge in [0.05, 0.1) is 5.02 Å². The summed E-state index contributed by atoms with van der Waals surface area (Å²) >= 11 is 7.51. The van der Waals surface area contributed by atoms with Crippen LogP contribution >= 0.6 is 23.4 Å². The fourth-order valence-corrected chi connectivity index (χ4v) is 2.70. The van der Waals surface area contributed by atoms with E-state index in [0.717, 1.165) is 17.9 Å². The van der Waals surface area contributed by atoms with Gasteiger partial charge >= 0.3 is 0 Å². The van der Waals surface area contributed by atoms with Gasteiger partial charge in [-0.1, -0.05) is 35.5 Å². The van der Waals surface area contributed by atoms with E-state index in [-0.39, 0.29) is 5.91 Å². The number of carbonyl (C=O) groups excluding carboxylic acids is 1. The number of nitrogens with zero attached hydrogens (tertiary/aromatic N) is 2. The first-order valence-electron chi connectivity index (χ1n) is 6.89. The fourth-order valence-electron chi connectivity index (χ4n) is 1.69. The molecule has 2 rings (SSSR count). The molecule has 22 heavy (non-hydrogen) atoms. The van der Waals surface area contributed by atoms with Crippen LogP contribution in [0.25, 0.3) is 0 Å². The Bertz CT molecular complexity index is 621. The number of amides is 1. The maximum atomic E-state index is 11.9. The monoisotopic (exact) mass is 336 g/mol. The summed E-state index contributed by atoms with van der Waals surface area (Å²) in [6, 6.07) is 11.0. The Kier molecular flexibility index (Phi) is 6.64. The van der Waals surface area contributed by atoms with E-state index in [9.17, 15) is 4.79 Å². The third kappa shape index (κ3) is 4.98. The fraction of sp³-hybridized carbons (Fsp3) is 0.267. The zero-order chi connectivity index (χ0) is 15.8. The molecule has 0 spiro atoms. The summed E-state index contributed by atoms with van der Waals surface area (Å²) in [4.78, 5) is 12.8. The lowest BCUT2D eigenvalue weighted by Gasteiger charge is -2.05. The van der Waals surface area contributed by atoms with Crippen LogP contribution in [0.5, 0.6) is 0 Å². The second-order valence-electron chi connectivity index (χ2n) is 4.50. The van der Waals surface area contributed by atoms with Gasteiger partial charge in [-0.3, -0.25) is 4.79 Å². The molecule has 2 aromatic rings. The van der Waals surface area contributed by atoms with Crippen LogP contribution in [-0.2, 0) is 0 Å². The van der Waals surface area contributed by atoms with Gasteiger partial charge in [-0.2, -0.15) is 0 Å². The molecule has 0 atom stereocenters. The molecule has 1 aromatic carbocycles. The molecule has 1 aromatic heterocycles. The number of hydrogen-bond donors (Lipinski definition) is 2. The van der Waals surface area contributed by atoms with Crippen molar-refractivity contribution in [3.8, 4) is 0 Å². The van der Waals surface area contributed by atoms with E-state index in [1.165, 1.54) is 11.8 Å². The van der Waals surface area contributed by atoms with Crippen molar-refractivity contribution in [2.24, 2.45) is 0 Å². The van der Waals surface area contributed by atoms with E-state index in [0.29, 0.717) is 22.3 Å². The SMILES string of the molecule is CNCCCNC(=O)c1ccc(Sc2ccccc2Cl)nn1. The number of nitrogens with one attached hydrogen (secondary N) is 2. The highest BCUT2D eigenvalue weighted by Crippen LogP contribution is 2.31. The van der Waals surface area contributed by atoms with Gasteiger partial charge in [0.25, 0.3) is 5.91 Å². The summed E-state index contributed by atoms with van der Waals surface area (Å²) < 4.78 is 0. The van der Waals surface area contributed by atoms with Crippen molar-refractivity contribution >= 4 is 29.3 Å². The van der Waals surface area contributed by atoms with Crippen LogP contribution in [0.3, 0.4) is 0 Å². The predicted molar refractivity (Wildman–Crippen MR) is 88.5 cm³/mol. The molecule has 1 amide bonds. The standard InChI is InChI=1S/C15H17ClN4OS/c1-17-9-4-10-18-15(21)12-7-8-14(20-19-12)22-13-6-3-2-5-11(13)16/h2-3,5-8,17H,4,9-10H2,1H3,(H,18,21). The van der Waals surface area contributed by atoms with E-state index in [1.807, 2.05) is 31.3 Å². The lowest BCUT2D eigenvalue weighted by atomic mass is 10.3. The van der Waals surface area contributed by atoms with Crippen molar-refractivity contribution in [1.82, 2.24) is 20.8 Å². The Morgan fingerprint density at radius 1 is 1.18 bits per heavy atom. The summed E-state index contributed by atoms with van der Waals surface area (Å²) in [7, 11) is 1.88. The average Bonchev–Trinajstić information content (AvgIpc) is 2.54. The predicted octanol–water partition coefficient (Wildman–Crippen LogP) is 2.62. The third-order valence-electron chi connectivity index (χ3n) is 2.81. The molecule has 0 saturated carbocycles. The molecule has 5 nitrogen and oxygen atoms in total. The van der Waals surface area contributed by atoms with Crippen molar-refractivity contribution in [2.75, 3.05) is 20.1 Å². The zero-order valence-electron chi connectivity index (χ0n) is 12.2. The van der Waals surface area contributed by atoms with Crippen LogP contribution < -0.4 is 10.6 Å². The highest BCUT2D eigenvalue weighted by Gasteiger charge is 2.09. The first kappa shape index (κ1) is 16.7. The Balaban J connectivity index is 1.92. The maximum absolute atomic E-state index is 11.9. The summed E-state index contributed by atoms with van der Waals surface area (Å²) in [5.74, 6) is -0.210. The minimum atomic E-state index is -0.210.